The van der Waals surface area contributed by atoms with Crippen LogP contribution >= 0.6 is 0 Å². The van der Waals surface area contributed by atoms with Crippen molar-refractivity contribution in [2.45, 2.75) is 97.9 Å². The molecule has 12 heteroatoms. The van der Waals surface area contributed by atoms with Crippen molar-refractivity contribution in [3.8, 4) is 0 Å². The van der Waals surface area contributed by atoms with E-state index >= 15 is 0 Å². The molecular weight excluding hydrogens is 560 g/mol. The molecule has 0 aromatic carbocycles. The van der Waals surface area contributed by atoms with E-state index in [9.17, 15) is 14.7 Å². The summed E-state index contributed by atoms with van der Waals surface area (Å²) in [6.07, 6.45) is 10.2. The summed E-state index contributed by atoms with van der Waals surface area (Å²) in [6.45, 7) is 13.1. The van der Waals surface area contributed by atoms with Crippen LogP contribution < -0.4 is 5.73 Å². The minimum absolute atomic E-state index is 0.0757. The summed E-state index contributed by atoms with van der Waals surface area (Å²) in [5.41, 5.74) is 6.40. The Bertz CT molecular complexity index is 1580. The highest BCUT2D eigenvalue weighted by atomic mass is 16.5. The highest BCUT2D eigenvalue weighted by Gasteiger charge is 2.68. The predicted molar refractivity (Wildman–Crippen MR) is 163 cm³/mol. The second-order valence-electron chi connectivity index (χ2n) is 13.9. The molecule has 3 aromatic rings. The minimum Gasteiger partial charge on any atom is -0.460 e. The van der Waals surface area contributed by atoms with Gasteiger partial charge in [-0.15, -0.1) is 11.7 Å². The SMILES string of the molecule is C=C[C@]1(C)C[C@@H](OC(=O)Cn2nncc2CCCn2cnc3c(N)ncnc32)[C@]2(C)[C@H](C)CC[C@]3(CCC(=O)[C@H]32)[C@@H](C)[C@@H]1O. The van der Waals surface area contributed by atoms with Crippen LogP contribution in [0.1, 0.15) is 71.9 Å². The number of nitrogen functional groups attached to an aromatic ring is 1. The Hall–Kier alpha value is -3.67. The van der Waals surface area contributed by atoms with Crippen LogP contribution in [0.4, 0.5) is 5.82 Å². The van der Waals surface area contributed by atoms with Crippen molar-refractivity contribution in [1.29, 1.82) is 0 Å². The van der Waals surface area contributed by atoms with Gasteiger partial charge in [-0.1, -0.05) is 39.0 Å². The molecule has 0 unspecified atom stereocenters. The van der Waals surface area contributed by atoms with Crippen LogP contribution in [-0.4, -0.2) is 63.6 Å². The molecule has 3 saturated carbocycles. The lowest BCUT2D eigenvalue weighted by molar-refractivity contribution is -0.207. The fraction of sp³-hybridized carbons (Fsp3) is 0.656. The smallest absolute Gasteiger partial charge is 0.328 e. The van der Waals surface area contributed by atoms with E-state index in [1.54, 1.807) is 17.2 Å². The number of aryl methyl sites for hydroxylation is 2. The van der Waals surface area contributed by atoms with Crippen molar-refractivity contribution in [2.75, 3.05) is 5.73 Å². The number of fused-ring (bicyclic) bond motifs is 1. The molecule has 3 N–H and O–H groups in total. The Morgan fingerprint density at radius 1 is 1.25 bits per heavy atom. The number of rotatable bonds is 8. The van der Waals surface area contributed by atoms with Gasteiger partial charge in [0.25, 0.3) is 0 Å². The van der Waals surface area contributed by atoms with E-state index in [1.165, 1.54) is 6.33 Å². The third-order valence-electron chi connectivity index (χ3n) is 11.8. The molecule has 3 fully saturated rings. The number of esters is 1. The minimum atomic E-state index is -0.704. The van der Waals surface area contributed by atoms with Crippen molar-refractivity contribution < 1.29 is 19.4 Å². The van der Waals surface area contributed by atoms with Crippen molar-refractivity contribution in [3.05, 3.63) is 37.2 Å². The number of aliphatic hydroxyl groups excluding tert-OH is 1. The molecule has 44 heavy (non-hydrogen) atoms. The standard InChI is InChI=1S/C32H44N8O4/c1-6-30(4)14-23(31(5)19(2)9-11-32(20(3)27(30)43)12-10-22(41)26(31)32)44-24(42)16-40-21(15-37-38-40)8-7-13-39-18-36-25-28(33)34-17-35-29(25)39/h6,15,17-20,23,26-27,43H,1,7-14,16H2,2-5H3,(H2,33,34,35)/t19-,20+,23-,26+,27+,30-,31+,32+/m1/s1. The van der Waals surface area contributed by atoms with Crippen LogP contribution in [-0.2, 0) is 33.8 Å². The molecular formula is C32H44N8O4. The average Bonchev–Trinajstić information content (AvgIpc) is 3.72. The van der Waals surface area contributed by atoms with Crippen LogP contribution in [0.5, 0.6) is 0 Å². The molecule has 6 rings (SSSR count). The fourth-order valence-corrected chi connectivity index (χ4v) is 8.92. The zero-order valence-corrected chi connectivity index (χ0v) is 26.1. The van der Waals surface area contributed by atoms with Gasteiger partial charge in [0.05, 0.1) is 24.3 Å². The lowest BCUT2D eigenvalue weighted by Crippen LogP contribution is -2.63. The van der Waals surface area contributed by atoms with E-state index in [2.05, 4.69) is 52.6 Å². The van der Waals surface area contributed by atoms with Crippen LogP contribution in [0.15, 0.2) is 31.5 Å². The average molecular weight is 605 g/mol. The van der Waals surface area contributed by atoms with Gasteiger partial charge < -0.3 is 20.1 Å². The predicted octanol–water partition coefficient (Wildman–Crippen LogP) is 3.54. The summed E-state index contributed by atoms with van der Waals surface area (Å²) < 4.78 is 9.90. The number of hydrogen-bond donors (Lipinski definition) is 2. The zero-order valence-electron chi connectivity index (χ0n) is 26.1. The maximum atomic E-state index is 13.7. The van der Waals surface area contributed by atoms with Gasteiger partial charge in [-0.25, -0.2) is 19.6 Å². The number of carbonyl (C=O) groups is 2. The second-order valence-corrected chi connectivity index (χ2v) is 13.9. The third-order valence-corrected chi connectivity index (χ3v) is 11.8. The molecule has 3 aromatic heterocycles. The van der Waals surface area contributed by atoms with Gasteiger partial charge in [-0.3, -0.25) is 9.59 Å². The summed E-state index contributed by atoms with van der Waals surface area (Å²) in [5.74, 6) is -0.0287. The van der Waals surface area contributed by atoms with E-state index in [-0.39, 0.29) is 35.5 Å². The number of ether oxygens (including phenoxy) is 1. The molecule has 3 aliphatic rings. The lowest BCUT2D eigenvalue weighted by atomic mass is 9.44. The molecule has 0 amide bonds. The molecule has 0 saturated heterocycles. The van der Waals surface area contributed by atoms with Gasteiger partial charge in [0.15, 0.2) is 11.5 Å². The van der Waals surface area contributed by atoms with E-state index in [4.69, 9.17) is 10.5 Å². The number of aromatic nitrogens is 7. The fourth-order valence-electron chi connectivity index (χ4n) is 8.92. The van der Waals surface area contributed by atoms with Gasteiger partial charge in [0, 0.05) is 29.7 Å². The number of nitrogens with two attached hydrogens (primary N) is 1. The number of imidazole rings is 1. The number of ketones is 1. The Morgan fingerprint density at radius 2 is 2.05 bits per heavy atom. The molecule has 8 atom stereocenters. The van der Waals surface area contributed by atoms with E-state index in [0.29, 0.717) is 42.8 Å². The molecule has 3 heterocycles. The van der Waals surface area contributed by atoms with Gasteiger partial charge in [0.1, 0.15) is 30.3 Å². The molecule has 2 bridgehead atoms. The Balaban J connectivity index is 1.21. The first-order valence-electron chi connectivity index (χ1n) is 15.8. The third kappa shape index (κ3) is 4.64. The summed E-state index contributed by atoms with van der Waals surface area (Å²) in [4.78, 5) is 39.9. The largest absolute Gasteiger partial charge is 0.460 e. The van der Waals surface area contributed by atoms with E-state index in [1.807, 2.05) is 17.6 Å². The molecule has 12 nitrogen and oxygen atoms in total. The number of aliphatic hydroxyl groups is 1. The number of Topliss-reactive ketones (excluding diaryl/α,β-unsaturated/α-hetero) is 1. The van der Waals surface area contributed by atoms with Gasteiger partial charge >= 0.3 is 5.97 Å². The normalized spacial score (nSPS) is 35.2. The van der Waals surface area contributed by atoms with E-state index in [0.717, 1.165) is 31.4 Å². The van der Waals surface area contributed by atoms with Crippen LogP contribution in [0.25, 0.3) is 11.2 Å². The first-order valence-corrected chi connectivity index (χ1v) is 15.8. The first-order chi connectivity index (χ1) is 20.9. The number of carbonyl (C=O) groups excluding carboxylic acids is 2. The van der Waals surface area contributed by atoms with Gasteiger partial charge in [-0.2, -0.15) is 0 Å². The van der Waals surface area contributed by atoms with Gasteiger partial charge in [-0.05, 0) is 55.8 Å². The Kier molecular flexibility index (Phi) is 7.62. The second kappa shape index (κ2) is 11.0. The highest BCUT2D eigenvalue weighted by Crippen LogP contribution is 2.68. The number of anilines is 1. The maximum Gasteiger partial charge on any atom is 0.328 e. The molecule has 0 spiro atoms. The van der Waals surface area contributed by atoms with Crippen molar-refractivity contribution in [2.24, 2.45) is 34.0 Å². The van der Waals surface area contributed by atoms with Gasteiger partial charge in [0.2, 0.25) is 0 Å². The summed E-state index contributed by atoms with van der Waals surface area (Å²) in [5, 5.41) is 20.0. The number of hydrogen-bond acceptors (Lipinski definition) is 10. The first kappa shape index (κ1) is 30.4. The van der Waals surface area contributed by atoms with Crippen molar-refractivity contribution in [3.63, 3.8) is 0 Å². The zero-order chi connectivity index (χ0) is 31.4. The maximum absolute atomic E-state index is 13.7. The van der Waals surface area contributed by atoms with Crippen LogP contribution in [0.3, 0.4) is 0 Å². The summed E-state index contributed by atoms with van der Waals surface area (Å²) in [6, 6.07) is 0. The topological polar surface area (TPSA) is 164 Å². The molecule has 0 radical (unpaired) electrons. The monoisotopic (exact) mass is 604 g/mol. The van der Waals surface area contributed by atoms with Crippen LogP contribution in [0.2, 0.25) is 0 Å². The quantitative estimate of drug-likeness (QED) is 0.287. The van der Waals surface area contributed by atoms with Crippen molar-refractivity contribution >= 4 is 28.7 Å². The van der Waals surface area contributed by atoms with E-state index < -0.39 is 29.0 Å². The van der Waals surface area contributed by atoms with Crippen molar-refractivity contribution in [1.82, 2.24) is 34.5 Å². The highest BCUT2D eigenvalue weighted by molar-refractivity contribution is 5.86. The molecule has 236 valence electrons. The summed E-state index contributed by atoms with van der Waals surface area (Å²) >= 11 is 0. The van der Waals surface area contributed by atoms with Crippen LogP contribution in [0, 0.1) is 34.0 Å². The Morgan fingerprint density at radius 3 is 2.82 bits per heavy atom. The number of nitrogens with zero attached hydrogens (tertiary/aromatic N) is 7. The summed E-state index contributed by atoms with van der Waals surface area (Å²) in [7, 11) is 0. The molecule has 3 aliphatic carbocycles. The molecule has 0 aliphatic heterocycles. The lowest BCUT2D eigenvalue weighted by Gasteiger charge is -2.61. The Labute approximate surface area is 257 Å².